The monoisotopic (exact) mass is 437 g/mol. The molecule has 0 spiro atoms. The van der Waals surface area contributed by atoms with E-state index in [2.05, 4.69) is 0 Å². The minimum atomic E-state index is -0.678. The van der Waals surface area contributed by atoms with Gasteiger partial charge in [0.15, 0.2) is 12.2 Å². The first-order valence-electron chi connectivity index (χ1n) is 9.82. The number of allylic oxidation sites excluding steroid dienone is 1. The first-order valence-corrected chi connectivity index (χ1v) is 10.2. The third kappa shape index (κ3) is 2.94. The van der Waals surface area contributed by atoms with Crippen LogP contribution < -0.4 is 4.90 Å². The van der Waals surface area contributed by atoms with Crippen LogP contribution in [0.15, 0.2) is 65.4 Å². The summed E-state index contributed by atoms with van der Waals surface area (Å²) in [6.07, 6.45) is 1.18. The molecule has 0 aromatic heterocycles. The molecular weight excluding hydrogens is 418 g/mol. The zero-order valence-electron chi connectivity index (χ0n) is 16.9. The lowest BCUT2D eigenvalue weighted by Gasteiger charge is -2.40. The number of aromatic hydroxyl groups is 1. The van der Waals surface area contributed by atoms with Crippen LogP contribution in [0.25, 0.3) is 0 Å². The first kappa shape index (κ1) is 19.4. The van der Waals surface area contributed by atoms with Gasteiger partial charge in [0.2, 0.25) is 5.96 Å². The number of carbonyl (C=O) groups is 2. The Balaban J connectivity index is 1.49. The number of carbonyl (C=O) groups excluding carboxylic acids is 2. The molecule has 0 bridgehead atoms. The summed E-state index contributed by atoms with van der Waals surface area (Å²) in [6.45, 7) is 2.01. The Labute approximate surface area is 184 Å². The number of aliphatic imine (C=N–C) groups is 1. The number of phenolic OH excluding ortho intramolecular Hbond substituents is 1. The topological polar surface area (TPSA) is 79.7 Å². The number of amides is 3. The summed E-state index contributed by atoms with van der Waals surface area (Å²) in [4.78, 5) is 37.4. The highest BCUT2D eigenvalue weighted by Crippen LogP contribution is 2.39. The van der Waals surface area contributed by atoms with Crippen LogP contribution in [0.1, 0.15) is 12.5 Å². The molecule has 3 amide bonds. The molecule has 2 atom stereocenters. The number of para-hydroxylation sites is 2. The van der Waals surface area contributed by atoms with Crippen LogP contribution in [0.4, 0.5) is 10.5 Å². The van der Waals surface area contributed by atoms with Gasteiger partial charge in [-0.2, -0.15) is 0 Å². The molecule has 31 heavy (non-hydrogen) atoms. The maximum absolute atomic E-state index is 13.4. The summed E-state index contributed by atoms with van der Waals surface area (Å²) >= 11 is 6.07. The van der Waals surface area contributed by atoms with Crippen molar-refractivity contribution in [1.82, 2.24) is 14.7 Å². The molecule has 3 heterocycles. The van der Waals surface area contributed by atoms with Gasteiger partial charge in [-0.05, 0) is 36.8 Å². The zero-order valence-corrected chi connectivity index (χ0v) is 17.7. The fourth-order valence-corrected chi connectivity index (χ4v) is 4.48. The standard InChI is InChI=1S/C22H20ClN5O3/c1-13-11-26-18-19(24-21(26)28(13)16-8-3-4-9-17(16)29)25(2)22(31)27(20(18)30)12-14-6-5-7-15(23)10-14/h3-11,18-19,29H,12H2,1-2H3. The average Bonchev–Trinajstić information content (AvgIpc) is 3.25. The van der Waals surface area contributed by atoms with E-state index in [1.54, 1.807) is 53.2 Å². The number of phenols is 1. The Kier molecular flexibility index (Phi) is 4.40. The summed E-state index contributed by atoms with van der Waals surface area (Å²) in [7, 11) is 1.64. The van der Waals surface area contributed by atoms with Crippen molar-refractivity contribution in [2.75, 3.05) is 11.9 Å². The van der Waals surface area contributed by atoms with Gasteiger partial charge in [-0.3, -0.25) is 14.6 Å². The molecular formula is C22H20ClN5O3. The number of hydrogen-bond acceptors (Lipinski definition) is 6. The van der Waals surface area contributed by atoms with Crippen LogP contribution in [0, 0.1) is 0 Å². The number of fused-ring (bicyclic) bond motifs is 3. The Morgan fingerprint density at radius 3 is 2.65 bits per heavy atom. The largest absolute Gasteiger partial charge is 0.506 e. The van der Waals surface area contributed by atoms with Crippen molar-refractivity contribution >= 4 is 35.2 Å². The molecule has 1 fully saturated rings. The second-order valence-corrected chi connectivity index (χ2v) is 8.17. The van der Waals surface area contributed by atoms with E-state index in [4.69, 9.17) is 16.6 Å². The Hall–Kier alpha value is -3.52. The maximum Gasteiger partial charge on any atom is 0.328 e. The van der Waals surface area contributed by atoms with E-state index < -0.39 is 18.2 Å². The smallest absolute Gasteiger partial charge is 0.328 e. The van der Waals surface area contributed by atoms with Gasteiger partial charge >= 0.3 is 6.03 Å². The summed E-state index contributed by atoms with van der Waals surface area (Å²) in [5.41, 5.74) is 2.14. The molecule has 2 unspecified atom stereocenters. The maximum atomic E-state index is 13.4. The lowest BCUT2D eigenvalue weighted by atomic mass is 10.1. The van der Waals surface area contributed by atoms with Gasteiger partial charge in [0.25, 0.3) is 5.91 Å². The van der Waals surface area contributed by atoms with E-state index >= 15 is 0 Å². The number of urea groups is 1. The lowest BCUT2D eigenvalue weighted by Crippen LogP contribution is -2.63. The number of guanidine groups is 1. The summed E-state index contributed by atoms with van der Waals surface area (Å²) < 4.78 is 0. The molecule has 3 aliphatic heterocycles. The van der Waals surface area contributed by atoms with Gasteiger partial charge in [-0.15, -0.1) is 0 Å². The van der Waals surface area contributed by atoms with Crippen molar-refractivity contribution in [3.05, 3.63) is 71.0 Å². The Bertz CT molecular complexity index is 1160. The lowest BCUT2D eigenvalue weighted by molar-refractivity contribution is -0.137. The van der Waals surface area contributed by atoms with E-state index in [9.17, 15) is 14.7 Å². The zero-order chi connectivity index (χ0) is 21.9. The molecule has 2 aromatic rings. The molecule has 1 N–H and O–H groups in total. The predicted octanol–water partition coefficient (Wildman–Crippen LogP) is 3.19. The Morgan fingerprint density at radius 2 is 1.90 bits per heavy atom. The third-order valence-electron chi connectivity index (χ3n) is 5.74. The molecule has 2 aromatic carbocycles. The molecule has 0 aliphatic carbocycles. The second kappa shape index (κ2) is 7.02. The molecule has 0 radical (unpaired) electrons. The first-order chi connectivity index (χ1) is 14.9. The summed E-state index contributed by atoms with van der Waals surface area (Å²) in [5, 5.41) is 10.9. The number of halogens is 1. The number of anilines is 1. The highest BCUT2D eigenvalue weighted by Gasteiger charge is 2.54. The van der Waals surface area contributed by atoms with E-state index in [1.165, 1.54) is 9.80 Å². The molecule has 9 heteroatoms. The minimum Gasteiger partial charge on any atom is -0.506 e. The second-order valence-electron chi connectivity index (χ2n) is 7.74. The van der Waals surface area contributed by atoms with E-state index in [-0.39, 0.29) is 18.2 Å². The average molecular weight is 438 g/mol. The van der Waals surface area contributed by atoms with Crippen molar-refractivity contribution < 1.29 is 14.7 Å². The van der Waals surface area contributed by atoms with Gasteiger partial charge < -0.3 is 14.9 Å². The van der Waals surface area contributed by atoms with Gasteiger partial charge in [-0.25, -0.2) is 9.79 Å². The molecule has 1 saturated heterocycles. The minimum absolute atomic E-state index is 0.105. The van der Waals surface area contributed by atoms with Crippen LogP contribution in [-0.4, -0.2) is 57.0 Å². The van der Waals surface area contributed by atoms with E-state index in [0.29, 0.717) is 16.7 Å². The molecule has 158 valence electrons. The fraction of sp³-hybridized carbons (Fsp3) is 0.227. The number of nitrogens with zero attached hydrogens (tertiary/aromatic N) is 5. The van der Waals surface area contributed by atoms with Crippen LogP contribution >= 0.6 is 11.6 Å². The van der Waals surface area contributed by atoms with E-state index in [0.717, 1.165) is 11.3 Å². The van der Waals surface area contributed by atoms with Gasteiger partial charge in [-0.1, -0.05) is 35.9 Å². The number of hydrogen-bond donors (Lipinski definition) is 1. The number of rotatable bonds is 3. The number of imide groups is 1. The van der Waals surface area contributed by atoms with Crippen molar-refractivity contribution in [3.63, 3.8) is 0 Å². The van der Waals surface area contributed by atoms with Gasteiger partial charge in [0.05, 0.1) is 12.2 Å². The normalized spacial score (nSPS) is 22.5. The summed E-state index contributed by atoms with van der Waals surface area (Å²) in [5.74, 6) is 0.287. The van der Waals surface area contributed by atoms with Crippen LogP contribution in [-0.2, 0) is 11.3 Å². The SMILES string of the molecule is CC1=CN2C(=NC3C2C(=O)N(Cc2cccc(Cl)c2)C(=O)N3C)N1c1ccccc1O. The molecule has 8 nitrogen and oxygen atoms in total. The van der Waals surface area contributed by atoms with Crippen molar-refractivity contribution in [2.24, 2.45) is 4.99 Å². The molecule has 5 rings (SSSR count). The van der Waals surface area contributed by atoms with Crippen molar-refractivity contribution in [3.8, 4) is 5.75 Å². The van der Waals surface area contributed by atoms with Crippen molar-refractivity contribution in [2.45, 2.75) is 25.7 Å². The third-order valence-corrected chi connectivity index (χ3v) is 5.98. The summed E-state index contributed by atoms with van der Waals surface area (Å²) in [6, 6.07) is 13.0. The highest BCUT2D eigenvalue weighted by molar-refractivity contribution is 6.30. The quantitative estimate of drug-likeness (QED) is 0.797. The van der Waals surface area contributed by atoms with Crippen molar-refractivity contribution in [1.29, 1.82) is 0 Å². The predicted molar refractivity (Wildman–Crippen MR) is 116 cm³/mol. The molecule has 0 saturated carbocycles. The number of likely N-dealkylation sites (N-methyl/N-ethyl adjacent to an activating group) is 1. The van der Waals surface area contributed by atoms with Gasteiger partial charge in [0, 0.05) is 24.0 Å². The Morgan fingerprint density at radius 1 is 1.13 bits per heavy atom. The van der Waals surface area contributed by atoms with E-state index in [1.807, 2.05) is 25.3 Å². The fourth-order valence-electron chi connectivity index (χ4n) is 4.27. The van der Waals surface area contributed by atoms with Gasteiger partial charge in [0.1, 0.15) is 5.75 Å². The number of benzene rings is 2. The van der Waals surface area contributed by atoms with Crippen LogP contribution in [0.5, 0.6) is 5.75 Å². The highest BCUT2D eigenvalue weighted by atomic mass is 35.5. The van der Waals surface area contributed by atoms with Crippen LogP contribution in [0.3, 0.4) is 0 Å². The molecule has 3 aliphatic rings. The van der Waals surface area contributed by atoms with Crippen LogP contribution in [0.2, 0.25) is 5.02 Å².